The van der Waals surface area contributed by atoms with Crippen molar-refractivity contribution in [2.75, 3.05) is 13.1 Å². The first kappa shape index (κ1) is 12.9. The van der Waals surface area contributed by atoms with E-state index in [9.17, 15) is 4.79 Å². The topological polar surface area (TPSA) is 70.1 Å². The minimum atomic E-state index is -0.430. The number of carbonyl (C=O) groups is 1. The maximum absolute atomic E-state index is 11.6. The van der Waals surface area contributed by atoms with Crippen LogP contribution in [0, 0.1) is 17.2 Å². The molecule has 0 spiro atoms. The first-order chi connectivity index (χ1) is 6.56. The van der Waals surface area contributed by atoms with E-state index in [0.29, 0.717) is 19.5 Å². The van der Waals surface area contributed by atoms with E-state index in [1.54, 1.807) is 11.8 Å². The molecule has 14 heavy (non-hydrogen) atoms. The van der Waals surface area contributed by atoms with Crippen molar-refractivity contribution >= 4 is 5.91 Å². The summed E-state index contributed by atoms with van der Waals surface area (Å²) in [6.45, 7) is 6.65. The summed E-state index contributed by atoms with van der Waals surface area (Å²) in [4.78, 5) is 13.3. The van der Waals surface area contributed by atoms with E-state index >= 15 is 0 Å². The SMILES string of the molecule is CCC(N)C(=O)N(CC)CC(C)C#N. The normalized spacial score (nSPS) is 14.2. The summed E-state index contributed by atoms with van der Waals surface area (Å²) >= 11 is 0. The third-order valence-corrected chi connectivity index (χ3v) is 2.17. The Labute approximate surface area is 85.7 Å². The molecular weight excluding hydrogens is 178 g/mol. The van der Waals surface area contributed by atoms with Gasteiger partial charge in [-0.3, -0.25) is 4.79 Å². The molecule has 2 atom stereocenters. The Balaban J connectivity index is 4.27. The summed E-state index contributed by atoms with van der Waals surface area (Å²) in [5, 5.41) is 8.64. The number of rotatable bonds is 5. The van der Waals surface area contributed by atoms with Crippen molar-refractivity contribution in [3.63, 3.8) is 0 Å². The fourth-order valence-corrected chi connectivity index (χ4v) is 1.16. The van der Waals surface area contributed by atoms with Crippen molar-refractivity contribution < 1.29 is 4.79 Å². The van der Waals surface area contributed by atoms with E-state index in [1.807, 2.05) is 13.8 Å². The van der Waals surface area contributed by atoms with Crippen LogP contribution in [0.5, 0.6) is 0 Å². The quantitative estimate of drug-likeness (QED) is 0.706. The highest BCUT2D eigenvalue weighted by Crippen LogP contribution is 2.02. The molecule has 0 rings (SSSR count). The number of nitrogens with two attached hydrogens (primary N) is 1. The molecule has 0 heterocycles. The minimum absolute atomic E-state index is 0.0582. The van der Waals surface area contributed by atoms with Gasteiger partial charge in [-0.15, -0.1) is 0 Å². The van der Waals surface area contributed by atoms with Gasteiger partial charge in [-0.25, -0.2) is 0 Å². The lowest BCUT2D eigenvalue weighted by Crippen LogP contribution is -2.44. The van der Waals surface area contributed by atoms with Crippen LogP contribution in [-0.4, -0.2) is 29.9 Å². The molecule has 4 heteroatoms. The Morgan fingerprint density at radius 2 is 2.14 bits per heavy atom. The van der Waals surface area contributed by atoms with E-state index in [4.69, 9.17) is 11.0 Å². The van der Waals surface area contributed by atoms with E-state index < -0.39 is 6.04 Å². The highest BCUT2D eigenvalue weighted by atomic mass is 16.2. The lowest BCUT2D eigenvalue weighted by atomic mass is 10.1. The maximum Gasteiger partial charge on any atom is 0.239 e. The van der Waals surface area contributed by atoms with Gasteiger partial charge in [-0.1, -0.05) is 6.92 Å². The van der Waals surface area contributed by atoms with Gasteiger partial charge in [-0.2, -0.15) is 5.26 Å². The van der Waals surface area contributed by atoms with Gasteiger partial charge in [0.05, 0.1) is 18.0 Å². The van der Waals surface area contributed by atoms with Crippen molar-refractivity contribution in [2.24, 2.45) is 11.7 Å². The van der Waals surface area contributed by atoms with E-state index in [-0.39, 0.29) is 11.8 Å². The van der Waals surface area contributed by atoms with Gasteiger partial charge in [0, 0.05) is 13.1 Å². The van der Waals surface area contributed by atoms with Gasteiger partial charge in [0.15, 0.2) is 0 Å². The van der Waals surface area contributed by atoms with Gasteiger partial charge in [-0.05, 0) is 20.3 Å². The smallest absolute Gasteiger partial charge is 0.239 e. The molecule has 0 aromatic rings. The van der Waals surface area contributed by atoms with Crippen LogP contribution in [0.2, 0.25) is 0 Å². The summed E-state index contributed by atoms with van der Waals surface area (Å²) in [6.07, 6.45) is 0.635. The van der Waals surface area contributed by atoms with Crippen LogP contribution in [0.4, 0.5) is 0 Å². The predicted octanol–water partition coefficient (Wildman–Crippen LogP) is 0.732. The second-order valence-corrected chi connectivity index (χ2v) is 3.42. The fourth-order valence-electron chi connectivity index (χ4n) is 1.16. The van der Waals surface area contributed by atoms with Crippen LogP contribution in [0.25, 0.3) is 0 Å². The van der Waals surface area contributed by atoms with Crippen LogP contribution in [0.3, 0.4) is 0 Å². The second-order valence-electron chi connectivity index (χ2n) is 3.42. The van der Waals surface area contributed by atoms with Crippen molar-refractivity contribution in [2.45, 2.75) is 33.2 Å². The Bertz CT molecular complexity index is 222. The van der Waals surface area contributed by atoms with Crippen LogP contribution >= 0.6 is 0 Å². The molecule has 4 nitrogen and oxygen atoms in total. The zero-order chi connectivity index (χ0) is 11.1. The highest BCUT2D eigenvalue weighted by Gasteiger charge is 2.19. The van der Waals surface area contributed by atoms with Crippen molar-refractivity contribution in [1.29, 1.82) is 5.26 Å². The average Bonchev–Trinajstić information content (AvgIpc) is 2.23. The molecular formula is C10H19N3O. The first-order valence-corrected chi connectivity index (χ1v) is 5.00. The van der Waals surface area contributed by atoms with E-state index in [2.05, 4.69) is 6.07 Å². The molecule has 0 saturated carbocycles. The number of hydrogen-bond donors (Lipinski definition) is 1. The molecule has 0 aliphatic heterocycles. The molecule has 0 saturated heterocycles. The third-order valence-electron chi connectivity index (χ3n) is 2.17. The fraction of sp³-hybridized carbons (Fsp3) is 0.800. The van der Waals surface area contributed by atoms with Crippen molar-refractivity contribution in [1.82, 2.24) is 4.90 Å². The lowest BCUT2D eigenvalue weighted by molar-refractivity contribution is -0.132. The molecule has 0 aliphatic rings. The lowest BCUT2D eigenvalue weighted by Gasteiger charge is -2.24. The number of amides is 1. The van der Waals surface area contributed by atoms with Crippen LogP contribution in [0.15, 0.2) is 0 Å². The second kappa shape index (κ2) is 6.39. The maximum atomic E-state index is 11.6. The molecule has 80 valence electrons. The molecule has 0 aromatic carbocycles. The van der Waals surface area contributed by atoms with E-state index in [1.165, 1.54) is 0 Å². The standard InChI is InChI=1S/C10H19N3O/c1-4-9(12)10(14)13(5-2)7-8(3)6-11/h8-9H,4-5,7,12H2,1-3H3. The summed E-state index contributed by atoms with van der Waals surface area (Å²) in [5.41, 5.74) is 5.64. The van der Waals surface area contributed by atoms with E-state index in [0.717, 1.165) is 0 Å². The van der Waals surface area contributed by atoms with Crippen LogP contribution in [-0.2, 0) is 4.79 Å². The summed E-state index contributed by atoms with van der Waals surface area (Å²) in [6, 6.07) is 1.68. The van der Waals surface area contributed by atoms with Crippen molar-refractivity contribution in [3.8, 4) is 6.07 Å². The van der Waals surface area contributed by atoms with Gasteiger partial charge < -0.3 is 10.6 Å². The largest absolute Gasteiger partial charge is 0.340 e. The number of nitrogens with zero attached hydrogens (tertiary/aromatic N) is 2. The van der Waals surface area contributed by atoms with Crippen LogP contribution in [0.1, 0.15) is 27.2 Å². The summed E-state index contributed by atoms with van der Waals surface area (Å²) < 4.78 is 0. The summed E-state index contributed by atoms with van der Waals surface area (Å²) in [5.74, 6) is -0.194. The number of likely N-dealkylation sites (N-methyl/N-ethyl adjacent to an activating group) is 1. The average molecular weight is 197 g/mol. The zero-order valence-electron chi connectivity index (χ0n) is 9.16. The Morgan fingerprint density at radius 3 is 2.50 bits per heavy atom. The molecule has 0 radical (unpaired) electrons. The Hall–Kier alpha value is -1.08. The monoisotopic (exact) mass is 197 g/mol. The zero-order valence-corrected chi connectivity index (χ0v) is 9.16. The minimum Gasteiger partial charge on any atom is -0.340 e. The molecule has 0 aliphatic carbocycles. The molecule has 0 bridgehead atoms. The Morgan fingerprint density at radius 1 is 1.57 bits per heavy atom. The Kier molecular flexibility index (Phi) is 5.89. The first-order valence-electron chi connectivity index (χ1n) is 5.00. The molecule has 1 amide bonds. The molecule has 2 unspecified atom stereocenters. The third kappa shape index (κ3) is 3.75. The number of nitriles is 1. The molecule has 0 fully saturated rings. The molecule has 2 N–H and O–H groups in total. The number of carbonyl (C=O) groups excluding carboxylic acids is 1. The van der Waals surface area contributed by atoms with Crippen LogP contribution < -0.4 is 5.73 Å². The summed E-state index contributed by atoms with van der Waals surface area (Å²) in [7, 11) is 0. The molecule has 0 aromatic heterocycles. The van der Waals surface area contributed by atoms with Gasteiger partial charge in [0.25, 0.3) is 0 Å². The predicted molar refractivity (Wildman–Crippen MR) is 55.3 cm³/mol. The van der Waals surface area contributed by atoms with Gasteiger partial charge in [0.1, 0.15) is 0 Å². The van der Waals surface area contributed by atoms with Crippen molar-refractivity contribution in [3.05, 3.63) is 0 Å². The highest BCUT2D eigenvalue weighted by molar-refractivity contribution is 5.81. The number of hydrogen-bond acceptors (Lipinski definition) is 3. The van der Waals surface area contributed by atoms with Gasteiger partial charge >= 0.3 is 0 Å². The van der Waals surface area contributed by atoms with Gasteiger partial charge in [0.2, 0.25) is 5.91 Å².